The van der Waals surface area contributed by atoms with Crippen LogP contribution in [-0.2, 0) is 6.54 Å². The van der Waals surface area contributed by atoms with Crippen LogP contribution in [0.4, 0.5) is 10.1 Å². The summed E-state index contributed by atoms with van der Waals surface area (Å²) >= 11 is 5.98. The number of hydrogen-bond donors (Lipinski definition) is 1. The summed E-state index contributed by atoms with van der Waals surface area (Å²) in [7, 11) is 0. The summed E-state index contributed by atoms with van der Waals surface area (Å²) in [5.74, 6) is -0.240. The van der Waals surface area contributed by atoms with Gasteiger partial charge in [0.2, 0.25) is 0 Å². The van der Waals surface area contributed by atoms with Crippen LogP contribution in [0.3, 0.4) is 0 Å². The predicted octanol–water partition coefficient (Wildman–Crippen LogP) is 3.26. The van der Waals surface area contributed by atoms with Crippen molar-refractivity contribution in [3.8, 4) is 0 Å². The van der Waals surface area contributed by atoms with Crippen molar-refractivity contribution in [2.45, 2.75) is 13.0 Å². The van der Waals surface area contributed by atoms with Gasteiger partial charge >= 0.3 is 0 Å². The first-order valence-electron chi connectivity index (χ1n) is 7.74. The standard InChI is InChI=1S/C18H16ClFN2O2/c19-16-3-6-18(22(23)24)15(11-16)12-21-9-7-14(8-10-21)13-1-4-17(20)5-2-13/h1-7,11H,8-10,12H2/p+1. The van der Waals surface area contributed by atoms with Crippen molar-refractivity contribution in [2.75, 3.05) is 13.1 Å². The molecule has 0 saturated heterocycles. The van der Waals surface area contributed by atoms with Gasteiger partial charge in [-0.25, -0.2) is 4.39 Å². The predicted molar refractivity (Wildman–Crippen MR) is 91.5 cm³/mol. The molecule has 0 spiro atoms. The maximum Gasteiger partial charge on any atom is 0.278 e. The Balaban J connectivity index is 1.72. The highest BCUT2D eigenvalue weighted by atomic mass is 35.5. The van der Waals surface area contributed by atoms with Gasteiger partial charge in [0.05, 0.1) is 23.6 Å². The molecule has 2 aromatic carbocycles. The van der Waals surface area contributed by atoms with E-state index in [1.165, 1.54) is 28.7 Å². The van der Waals surface area contributed by atoms with Gasteiger partial charge in [-0.1, -0.05) is 23.7 Å². The lowest BCUT2D eigenvalue weighted by atomic mass is 9.99. The Morgan fingerprint density at radius 2 is 1.96 bits per heavy atom. The lowest BCUT2D eigenvalue weighted by Gasteiger charge is -2.23. The number of nitrogens with one attached hydrogen (secondary N) is 1. The first-order valence-corrected chi connectivity index (χ1v) is 8.12. The molecule has 124 valence electrons. The third kappa shape index (κ3) is 3.80. The van der Waals surface area contributed by atoms with Gasteiger partial charge in [-0.3, -0.25) is 10.1 Å². The molecular formula is C18H17ClFN2O2+. The van der Waals surface area contributed by atoms with E-state index in [9.17, 15) is 14.5 Å². The molecule has 1 heterocycles. The van der Waals surface area contributed by atoms with Gasteiger partial charge in [-0.05, 0) is 41.5 Å². The second-order valence-electron chi connectivity index (χ2n) is 5.90. The molecule has 4 nitrogen and oxygen atoms in total. The largest absolute Gasteiger partial charge is 0.327 e. The van der Waals surface area contributed by atoms with Gasteiger partial charge in [0.15, 0.2) is 0 Å². The smallest absolute Gasteiger partial charge is 0.278 e. The highest BCUT2D eigenvalue weighted by Crippen LogP contribution is 2.23. The van der Waals surface area contributed by atoms with Crippen molar-refractivity contribution < 1.29 is 14.2 Å². The van der Waals surface area contributed by atoms with E-state index < -0.39 is 0 Å². The van der Waals surface area contributed by atoms with Gasteiger partial charge in [-0.15, -0.1) is 0 Å². The molecule has 24 heavy (non-hydrogen) atoms. The average molecular weight is 348 g/mol. The summed E-state index contributed by atoms with van der Waals surface area (Å²) in [4.78, 5) is 12.0. The lowest BCUT2D eigenvalue weighted by molar-refractivity contribution is -0.909. The van der Waals surface area contributed by atoms with Crippen LogP contribution in [0.25, 0.3) is 5.57 Å². The molecule has 1 aliphatic rings. The second-order valence-corrected chi connectivity index (χ2v) is 6.33. The number of nitro groups is 1. The Hall–Kier alpha value is -2.24. The van der Waals surface area contributed by atoms with Crippen LogP contribution in [0.5, 0.6) is 0 Å². The molecule has 0 amide bonds. The summed E-state index contributed by atoms with van der Waals surface area (Å²) in [6, 6.07) is 11.2. The molecule has 1 aliphatic heterocycles. The fourth-order valence-electron chi connectivity index (χ4n) is 3.01. The maximum absolute atomic E-state index is 13.0. The van der Waals surface area contributed by atoms with Crippen molar-refractivity contribution in [2.24, 2.45) is 0 Å². The molecule has 1 N–H and O–H groups in total. The molecule has 2 aromatic rings. The molecule has 3 rings (SSSR count). The summed E-state index contributed by atoms with van der Waals surface area (Å²) in [5, 5.41) is 11.7. The Morgan fingerprint density at radius 1 is 1.21 bits per heavy atom. The summed E-state index contributed by atoms with van der Waals surface area (Å²) < 4.78 is 13.0. The molecule has 0 saturated carbocycles. The van der Waals surface area contributed by atoms with Gasteiger partial charge in [0.1, 0.15) is 12.4 Å². The van der Waals surface area contributed by atoms with Crippen LogP contribution in [0.2, 0.25) is 5.02 Å². The summed E-state index contributed by atoms with van der Waals surface area (Å²) in [5.41, 5.74) is 2.99. The van der Waals surface area contributed by atoms with Gasteiger partial charge < -0.3 is 4.90 Å². The Kier molecular flexibility index (Phi) is 4.92. The average Bonchev–Trinajstić information content (AvgIpc) is 2.56. The fraction of sp³-hybridized carbons (Fsp3) is 0.222. The first-order chi connectivity index (χ1) is 11.5. The zero-order valence-corrected chi connectivity index (χ0v) is 13.7. The minimum absolute atomic E-state index is 0.111. The molecular weight excluding hydrogens is 331 g/mol. The first kappa shape index (κ1) is 16.6. The van der Waals surface area contributed by atoms with E-state index in [1.807, 2.05) is 0 Å². The van der Waals surface area contributed by atoms with Gasteiger partial charge in [0, 0.05) is 17.5 Å². The van der Waals surface area contributed by atoms with Crippen molar-refractivity contribution in [3.63, 3.8) is 0 Å². The van der Waals surface area contributed by atoms with Crippen LogP contribution in [0, 0.1) is 15.9 Å². The zero-order chi connectivity index (χ0) is 17.1. The second kappa shape index (κ2) is 7.11. The molecule has 0 aromatic heterocycles. The van der Waals surface area contributed by atoms with E-state index in [0.717, 1.165) is 25.1 Å². The minimum Gasteiger partial charge on any atom is -0.327 e. The van der Waals surface area contributed by atoms with Gasteiger partial charge in [0.25, 0.3) is 5.69 Å². The van der Waals surface area contributed by atoms with Crippen molar-refractivity contribution in [1.29, 1.82) is 0 Å². The van der Waals surface area contributed by atoms with Crippen LogP contribution < -0.4 is 4.90 Å². The molecule has 1 unspecified atom stereocenters. The normalized spacial score (nSPS) is 17.4. The zero-order valence-electron chi connectivity index (χ0n) is 13.0. The number of nitrogens with zero attached hydrogens (tertiary/aromatic N) is 1. The highest BCUT2D eigenvalue weighted by Gasteiger charge is 2.21. The van der Waals surface area contributed by atoms with E-state index in [4.69, 9.17) is 11.6 Å². The number of nitro benzene ring substituents is 1. The number of hydrogen-bond acceptors (Lipinski definition) is 2. The third-order valence-electron chi connectivity index (χ3n) is 4.28. The van der Waals surface area contributed by atoms with E-state index in [2.05, 4.69) is 6.08 Å². The van der Waals surface area contributed by atoms with E-state index >= 15 is 0 Å². The molecule has 6 heteroatoms. The summed E-state index contributed by atoms with van der Waals surface area (Å²) in [6.07, 6.45) is 2.98. The van der Waals surface area contributed by atoms with Crippen LogP contribution >= 0.6 is 11.6 Å². The third-order valence-corrected chi connectivity index (χ3v) is 4.51. The molecule has 0 aliphatic carbocycles. The number of rotatable bonds is 4. The SMILES string of the molecule is O=[N+]([O-])c1ccc(Cl)cc1C[NH+]1CC=C(c2ccc(F)cc2)CC1. The van der Waals surface area contributed by atoms with E-state index in [1.54, 1.807) is 24.3 Å². The molecule has 0 bridgehead atoms. The van der Waals surface area contributed by atoms with Gasteiger partial charge in [-0.2, -0.15) is 0 Å². The molecule has 0 radical (unpaired) electrons. The monoisotopic (exact) mass is 347 g/mol. The number of quaternary nitrogens is 1. The quantitative estimate of drug-likeness (QED) is 0.681. The topological polar surface area (TPSA) is 47.6 Å². The van der Waals surface area contributed by atoms with Crippen LogP contribution in [0.15, 0.2) is 48.5 Å². The summed E-state index contributed by atoms with van der Waals surface area (Å²) in [6.45, 7) is 2.20. The van der Waals surface area contributed by atoms with Crippen molar-refractivity contribution in [1.82, 2.24) is 0 Å². The Morgan fingerprint density at radius 3 is 2.58 bits per heavy atom. The molecule has 0 fully saturated rings. The van der Waals surface area contributed by atoms with Crippen LogP contribution in [0.1, 0.15) is 17.5 Å². The van der Waals surface area contributed by atoms with Crippen molar-refractivity contribution >= 4 is 22.9 Å². The maximum atomic E-state index is 13.0. The molecule has 1 atom stereocenters. The Bertz CT molecular complexity index is 790. The lowest BCUT2D eigenvalue weighted by Crippen LogP contribution is -3.11. The number of halogens is 2. The van der Waals surface area contributed by atoms with Crippen molar-refractivity contribution in [3.05, 3.63) is 80.6 Å². The van der Waals surface area contributed by atoms with Crippen LogP contribution in [-0.4, -0.2) is 18.0 Å². The minimum atomic E-state index is -0.366. The number of benzene rings is 2. The van der Waals surface area contributed by atoms with E-state index in [-0.39, 0.29) is 16.4 Å². The Labute approximate surface area is 144 Å². The fourth-order valence-corrected chi connectivity index (χ4v) is 3.21. The van der Waals surface area contributed by atoms with E-state index in [0.29, 0.717) is 17.1 Å². The highest BCUT2D eigenvalue weighted by molar-refractivity contribution is 6.30.